The van der Waals surface area contributed by atoms with Crippen LogP contribution in [-0.2, 0) is 9.53 Å². The lowest BCUT2D eigenvalue weighted by Crippen LogP contribution is -2.45. The number of carbonyl (C=O) groups is 1. The third kappa shape index (κ3) is 2.90. The van der Waals surface area contributed by atoms with E-state index < -0.39 is 6.04 Å². The first-order chi connectivity index (χ1) is 9.02. The zero-order chi connectivity index (χ0) is 14.0. The van der Waals surface area contributed by atoms with E-state index in [1.165, 1.54) is 7.11 Å². The maximum Gasteiger partial charge on any atom is 0.332 e. The van der Waals surface area contributed by atoms with Gasteiger partial charge in [-0.3, -0.25) is 5.43 Å². The number of hydrazine groups is 1. The van der Waals surface area contributed by atoms with Gasteiger partial charge in [-0.2, -0.15) is 0 Å². The van der Waals surface area contributed by atoms with Gasteiger partial charge in [-0.15, -0.1) is 0 Å². The van der Waals surface area contributed by atoms with E-state index in [-0.39, 0.29) is 12.0 Å². The van der Waals surface area contributed by atoms with Gasteiger partial charge in [0.05, 0.1) is 18.8 Å². The van der Waals surface area contributed by atoms with Crippen molar-refractivity contribution in [1.82, 2.24) is 10.3 Å². The standard InChI is InChI=1S/C12H14ClN3O2S/c1-7-10(11(17)18-2)16(12(19)14-7)15-9-5-3-4-8(13)6-9/h3-7,10,15H,1-2H3,(H,14,19). The summed E-state index contributed by atoms with van der Waals surface area (Å²) in [5, 5.41) is 5.66. The lowest BCUT2D eigenvalue weighted by Gasteiger charge is -2.25. The minimum absolute atomic E-state index is 0.133. The quantitative estimate of drug-likeness (QED) is 0.655. The predicted octanol–water partition coefficient (Wildman–Crippen LogP) is 1.79. The molecule has 0 aromatic heterocycles. The molecule has 0 amide bonds. The molecule has 0 aliphatic carbocycles. The van der Waals surface area contributed by atoms with Crippen LogP contribution in [0.3, 0.4) is 0 Å². The predicted molar refractivity (Wildman–Crippen MR) is 77.9 cm³/mol. The molecule has 2 rings (SSSR count). The molecule has 7 heteroatoms. The van der Waals surface area contributed by atoms with E-state index in [2.05, 4.69) is 10.7 Å². The van der Waals surface area contributed by atoms with Gasteiger partial charge in [0, 0.05) is 5.02 Å². The molecular formula is C12H14ClN3O2S. The molecule has 1 aliphatic rings. The Hall–Kier alpha value is -1.53. The van der Waals surface area contributed by atoms with Crippen LogP contribution in [0.2, 0.25) is 5.02 Å². The second-order valence-corrected chi connectivity index (χ2v) is 5.02. The summed E-state index contributed by atoms with van der Waals surface area (Å²) in [6.45, 7) is 1.87. The monoisotopic (exact) mass is 299 g/mol. The summed E-state index contributed by atoms with van der Waals surface area (Å²) >= 11 is 11.1. The number of hydrogen-bond acceptors (Lipinski definition) is 4. The SMILES string of the molecule is COC(=O)C1C(C)NC(=S)N1Nc1cccc(Cl)c1. The van der Waals surface area contributed by atoms with E-state index in [0.29, 0.717) is 10.1 Å². The van der Waals surface area contributed by atoms with Gasteiger partial charge in [0.2, 0.25) is 0 Å². The Balaban J connectivity index is 2.21. The van der Waals surface area contributed by atoms with E-state index >= 15 is 0 Å². The molecule has 5 nitrogen and oxygen atoms in total. The molecule has 102 valence electrons. The maximum absolute atomic E-state index is 11.8. The van der Waals surface area contributed by atoms with Crippen molar-refractivity contribution >= 4 is 40.6 Å². The first-order valence-electron chi connectivity index (χ1n) is 5.72. The summed E-state index contributed by atoms with van der Waals surface area (Å²) < 4.78 is 4.80. The largest absolute Gasteiger partial charge is 0.467 e. The van der Waals surface area contributed by atoms with Gasteiger partial charge in [0.15, 0.2) is 11.2 Å². The first kappa shape index (κ1) is 13.9. The van der Waals surface area contributed by atoms with Crippen LogP contribution in [-0.4, -0.2) is 35.3 Å². The molecule has 1 fully saturated rings. The molecule has 19 heavy (non-hydrogen) atoms. The van der Waals surface area contributed by atoms with E-state index in [0.717, 1.165) is 5.69 Å². The van der Waals surface area contributed by atoms with Crippen LogP contribution in [0.25, 0.3) is 0 Å². The van der Waals surface area contributed by atoms with Gasteiger partial charge in [-0.1, -0.05) is 17.7 Å². The van der Waals surface area contributed by atoms with E-state index in [9.17, 15) is 4.79 Å². The number of nitrogens with one attached hydrogen (secondary N) is 2. The van der Waals surface area contributed by atoms with Crippen LogP contribution in [0.1, 0.15) is 6.92 Å². The number of ether oxygens (including phenoxy) is 1. The number of esters is 1. The summed E-state index contributed by atoms with van der Waals surface area (Å²) in [5.41, 5.74) is 3.82. The number of carbonyl (C=O) groups excluding carboxylic acids is 1. The van der Waals surface area contributed by atoms with E-state index in [4.69, 9.17) is 28.6 Å². The number of thiocarbonyl (C=S) groups is 1. The van der Waals surface area contributed by atoms with Crippen molar-refractivity contribution in [3.05, 3.63) is 29.3 Å². The zero-order valence-corrected chi connectivity index (χ0v) is 12.1. The summed E-state index contributed by atoms with van der Waals surface area (Å²) in [7, 11) is 1.36. The number of rotatable bonds is 3. The van der Waals surface area contributed by atoms with Crippen LogP contribution in [0.15, 0.2) is 24.3 Å². The van der Waals surface area contributed by atoms with Gasteiger partial charge in [0.25, 0.3) is 0 Å². The molecular weight excluding hydrogens is 286 g/mol. The molecule has 0 spiro atoms. The zero-order valence-electron chi connectivity index (χ0n) is 10.5. The van der Waals surface area contributed by atoms with Crippen LogP contribution < -0.4 is 10.7 Å². The molecule has 0 bridgehead atoms. The van der Waals surface area contributed by atoms with Crippen molar-refractivity contribution in [2.24, 2.45) is 0 Å². The Bertz CT molecular complexity index is 512. The lowest BCUT2D eigenvalue weighted by molar-refractivity contribution is -0.145. The second-order valence-electron chi connectivity index (χ2n) is 4.20. The Morgan fingerprint density at radius 1 is 1.58 bits per heavy atom. The normalized spacial score (nSPS) is 22.1. The van der Waals surface area contributed by atoms with Gasteiger partial charge < -0.3 is 10.1 Å². The van der Waals surface area contributed by atoms with Gasteiger partial charge >= 0.3 is 5.97 Å². The molecule has 0 radical (unpaired) electrons. The molecule has 0 saturated carbocycles. The van der Waals surface area contributed by atoms with Crippen molar-refractivity contribution in [3.8, 4) is 0 Å². The van der Waals surface area contributed by atoms with E-state index in [1.807, 2.05) is 19.1 Å². The smallest absolute Gasteiger partial charge is 0.332 e. The minimum Gasteiger partial charge on any atom is -0.467 e. The average Bonchev–Trinajstić information content (AvgIpc) is 2.63. The van der Waals surface area contributed by atoms with Gasteiger partial charge in [-0.25, -0.2) is 9.80 Å². The first-order valence-corrected chi connectivity index (χ1v) is 6.51. The van der Waals surface area contributed by atoms with Crippen LogP contribution in [0, 0.1) is 0 Å². The Kier molecular flexibility index (Phi) is 4.11. The Morgan fingerprint density at radius 2 is 2.32 bits per heavy atom. The number of benzene rings is 1. The van der Waals surface area contributed by atoms with Gasteiger partial charge in [-0.05, 0) is 37.3 Å². The summed E-state index contributed by atoms with van der Waals surface area (Å²) in [4.78, 5) is 11.8. The highest BCUT2D eigenvalue weighted by Crippen LogP contribution is 2.20. The van der Waals surface area contributed by atoms with Crippen molar-refractivity contribution in [1.29, 1.82) is 0 Å². The van der Waals surface area contributed by atoms with Crippen molar-refractivity contribution in [3.63, 3.8) is 0 Å². The highest BCUT2D eigenvalue weighted by Gasteiger charge is 2.40. The third-order valence-corrected chi connectivity index (χ3v) is 3.39. The minimum atomic E-state index is -0.517. The fourth-order valence-corrected chi connectivity index (χ4v) is 2.48. The third-order valence-electron chi connectivity index (χ3n) is 2.84. The van der Waals surface area contributed by atoms with Gasteiger partial charge in [0.1, 0.15) is 0 Å². The highest BCUT2D eigenvalue weighted by atomic mass is 35.5. The number of nitrogens with zero attached hydrogens (tertiary/aromatic N) is 1. The summed E-state index contributed by atoms with van der Waals surface area (Å²) in [6, 6.07) is 6.53. The maximum atomic E-state index is 11.8. The molecule has 1 aromatic carbocycles. The molecule has 1 heterocycles. The number of halogens is 1. The van der Waals surface area contributed by atoms with Crippen LogP contribution in [0.4, 0.5) is 5.69 Å². The van der Waals surface area contributed by atoms with Crippen molar-refractivity contribution < 1.29 is 9.53 Å². The van der Waals surface area contributed by atoms with E-state index in [1.54, 1.807) is 17.1 Å². The number of anilines is 1. The summed E-state index contributed by atoms with van der Waals surface area (Å²) in [6.07, 6.45) is 0. The molecule has 1 aromatic rings. The lowest BCUT2D eigenvalue weighted by atomic mass is 10.2. The van der Waals surface area contributed by atoms with Crippen LogP contribution in [0.5, 0.6) is 0 Å². The summed E-state index contributed by atoms with van der Waals surface area (Å²) in [5.74, 6) is -0.352. The number of methoxy groups -OCH3 is 1. The topological polar surface area (TPSA) is 53.6 Å². The molecule has 2 N–H and O–H groups in total. The number of hydrogen-bond donors (Lipinski definition) is 2. The molecule has 2 atom stereocenters. The van der Waals surface area contributed by atoms with Crippen molar-refractivity contribution in [2.45, 2.75) is 19.0 Å². The van der Waals surface area contributed by atoms with Crippen LogP contribution >= 0.6 is 23.8 Å². The average molecular weight is 300 g/mol. The fourth-order valence-electron chi connectivity index (χ4n) is 1.94. The van der Waals surface area contributed by atoms with Crippen molar-refractivity contribution in [2.75, 3.05) is 12.5 Å². The highest BCUT2D eigenvalue weighted by molar-refractivity contribution is 7.80. The Labute approximate surface area is 121 Å². The molecule has 1 aliphatic heterocycles. The second kappa shape index (κ2) is 5.63. The molecule has 1 saturated heterocycles. The Morgan fingerprint density at radius 3 is 2.95 bits per heavy atom. The molecule has 2 unspecified atom stereocenters. The fraction of sp³-hybridized carbons (Fsp3) is 0.333.